The second-order valence-electron chi connectivity index (χ2n) is 5.65. The van der Waals surface area contributed by atoms with Gasteiger partial charge in [0.1, 0.15) is 6.10 Å². The van der Waals surface area contributed by atoms with Crippen LogP contribution in [-0.4, -0.2) is 5.97 Å². The molecule has 2 heteroatoms. The van der Waals surface area contributed by atoms with Crippen LogP contribution in [0.5, 0.6) is 0 Å². The highest BCUT2D eigenvalue weighted by atomic mass is 16.6. The van der Waals surface area contributed by atoms with Gasteiger partial charge >= 0.3 is 5.97 Å². The van der Waals surface area contributed by atoms with Crippen LogP contribution in [0.1, 0.15) is 34.3 Å². The minimum Gasteiger partial charge on any atom is -0.453 e. The monoisotopic (exact) mass is 278 g/mol. The lowest BCUT2D eigenvalue weighted by Gasteiger charge is -2.19. The van der Waals surface area contributed by atoms with E-state index in [4.69, 9.17) is 4.74 Å². The van der Waals surface area contributed by atoms with Gasteiger partial charge in [0.15, 0.2) is 0 Å². The molecular weight excluding hydrogens is 260 g/mol. The Morgan fingerprint density at radius 2 is 1.33 bits per heavy atom. The molecule has 1 saturated heterocycles. The predicted octanol–water partition coefficient (Wildman–Crippen LogP) is 4.24. The van der Waals surface area contributed by atoms with E-state index in [-0.39, 0.29) is 18.0 Å². The lowest BCUT2D eigenvalue weighted by atomic mass is 9.85. The van der Waals surface area contributed by atoms with Crippen molar-refractivity contribution in [2.24, 2.45) is 0 Å². The van der Waals surface area contributed by atoms with E-state index in [0.29, 0.717) is 5.57 Å². The Morgan fingerprint density at radius 3 is 1.86 bits per heavy atom. The van der Waals surface area contributed by atoms with Crippen molar-refractivity contribution in [1.29, 1.82) is 0 Å². The van der Waals surface area contributed by atoms with Crippen molar-refractivity contribution in [3.05, 3.63) is 82.9 Å². The van der Waals surface area contributed by atoms with E-state index < -0.39 is 0 Å². The molecule has 0 aliphatic carbocycles. The zero-order valence-corrected chi connectivity index (χ0v) is 12.3. The zero-order valence-electron chi connectivity index (χ0n) is 12.3. The molecule has 0 spiro atoms. The van der Waals surface area contributed by atoms with Crippen LogP contribution >= 0.6 is 0 Å². The third kappa shape index (κ3) is 2.49. The molecule has 2 atom stereocenters. The second kappa shape index (κ2) is 5.21. The maximum absolute atomic E-state index is 12.0. The molecule has 0 N–H and O–H groups in total. The molecule has 21 heavy (non-hydrogen) atoms. The standard InChI is InChI=1S/C19H18O2/c1-12-4-8-15(9-5-12)17-14(3)19(20)21-18(17)16-10-6-13(2)7-11-16/h4-11,17-18H,3H2,1-2H3/t17-,18+/m0/s1. The van der Waals surface area contributed by atoms with Crippen molar-refractivity contribution in [2.75, 3.05) is 0 Å². The molecule has 0 radical (unpaired) electrons. The Hall–Kier alpha value is -2.35. The molecule has 2 aromatic carbocycles. The molecule has 0 saturated carbocycles. The normalized spacial score (nSPS) is 21.4. The fraction of sp³-hybridized carbons (Fsp3) is 0.211. The second-order valence-corrected chi connectivity index (χ2v) is 5.65. The van der Waals surface area contributed by atoms with Crippen molar-refractivity contribution in [1.82, 2.24) is 0 Å². The average Bonchev–Trinajstić information content (AvgIpc) is 2.77. The van der Waals surface area contributed by atoms with E-state index in [1.54, 1.807) is 0 Å². The molecule has 2 nitrogen and oxygen atoms in total. The summed E-state index contributed by atoms with van der Waals surface area (Å²) in [4.78, 5) is 12.0. The SMILES string of the molecule is C=C1C(=O)O[C@H](c2ccc(C)cc2)[C@@H]1c1ccc(C)cc1. The number of cyclic esters (lactones) is 1. The largest absolute Gasteiger partial charge is 0.453 e. The van der Waals surface area contributed by atoms with Crippen molar-refractivity contribution in [3.8, 4) is 0 Å². The van der Waals surface area contributed by atoms with E-state index in [1.165, 1.54) is 11.1 Å². The lowest BCUT2D eigenvalue weighted by molar-refractivity contribution is -0.139. The first-order chi connectivity index (χ1) is 10.1. The van der Waals surface area contributed by atoms with Crippen molar-refractivity contribution < 1.29 is 9.53 Å². The van der Waals surface area contributed by atoms with E-state index in [1.807, 2.05) is 50.2 Å². The molecule has 0 unspecified atom stereocenters. The maximum atomic E-state index is 12.0. The molecule has 0 aromatic heterocycles. The summed E-state index contributed by atoms with van der Waals surface area (Å²) in [6.07, 6.45) is -0.284. The van der Waals surface area contributed by atoms with Gasteiger partial charge in [0.25, 0.3) is 0 Å². The fourth-order valence-electron chi connectivity index (χ4n) is 2.74. The van der Waals surface area contributed by atoms with Gasteiger partial charge in [0.05, 0.1) is 5.92 Å². The number of hydrogen-bond donors (Lipinski definition) is 0. The lowest BCUT2D eigenvalue weighted by Crippen LogP contribution is -2.07. The van der Waals surface area contributed by atoms with E-state index in [9.17, 15) is 4.79 Å². The van der Waals surface area contributed by atoms with E-state index >= 15 is 0 Å². The van der Waals surface area contributed by atoms with Gasteiger partial charge in [0, 0.05) is 5.57 Å². The summed E-state index contributed by atoms with van der Waals surface area (Å²) in [6, 6.07) is 16.3. The van der Waals surface area contributed by atoms with Gasteiger partial charge in [-0.1, -0.05) is 66.2 Å². The highest BCUT2D eigenvalue weighted by molar-refractivity contribution is 5.92. The van der Waals surface area contributed by atoms with Gasteiger partial charge in [-0.25, -0.2) is 4.79 Å². The van der Waals surface area contributed by atoms with Crippen LogP contribution in [0.15, 0.2) is 60.7 Å². The zero-order chi connectivity index (χ0) is 15.0. The number of rotatable bonds is 2. The summed E-state index contributed by atoms with van der Waals surface area (Å²) in [5.41, 5.74) is 5.00. The number of ether oxygens (including phenoxy) is 1. The highest BCUT2D eigenvalue weighted by Crippen LogP contribution is 2.45. The molecule has 0 bridgehead atoms. The summed E-state index contributed by atoms with van der Waals surface area (Å²) < 4.78 is 5.56. The Morgan fingerprint density at radius 1 is 0.857 bits per heavy atom. The molecule has 1 fully saturated rings. The molecule has 0 amide bonds. The van der Waals surface area contributed by atoms with Gasteiger partial charge in [-0.2, -0.15) is 0 Å². The Kier molecular flexibility index (Phi) is 3.38. The Labute approximate surface area is 125 Å². The third-order valence-electron chi connectivity index (χ3n) is 4.02. The number of carbonyl (C=O) groups is 1. The first-order valence-corrected chi connectivity index (χ1v) is 7.09. The van der Waals surface area contributed by atoms with E-state index in [0.717, 1.165) is 11.1 Å². The number of benzene rings is 2. The molecule has 106 valence electrons. The number of carbonyl (C=O) groups excluding carboxylic acids is 1. The number of hydrogen-bond acceptors (Lipinski definition) is 2. The van der Waals surface area contributed by atoms with Crippen LogP contribution in [0.4, 0.5) is 0 Å². The van der Waals surface area contributed by atoms with E-state index in [2.05, 4.69) is 18.7 Å². The van der Waals surface area contributed by atoms with Crippen LogP contribution in [0.3, 0.4) is 0 Å². The Balaban J connectivity index is 2.02. The molecule has 2 aromatic rings. The van der Waals surface area contributed by atoms with Crippen LogP contribution in [0, 0.1) is 13.8 Å². The van der Waals surface area contributed by atoms with Crippen LogP contribution < -0.4 is 0 Å². The predicted molar refractivity (Wildman–Crippen MR) is 83.1 cm³/mol. The third-order valence-corrected chi connectivity index (χ3v) is 4.02. The van der Waals surface area contributed by atoms with Crippen molar-refractivity contribution in [2.45, 2.75) is 25.9 Å². The Bertz CT molecular complexity index is 681. The summed E-state index contributed by atoms with van der Waals surface area (Å²) in [7, 11) is 0. The van der Waals surface area contributed by atoms with Gasteiger partial charge in [-0.05, 0) is 25.0 Å². The van der Waals surface area contributed by atoms with Gasteiger partial charge in [-0.15, -0.1) is 0 Å². The summed E-state index contributed by atoms with van der Waals surface area (Å²) >= 11 is 0. The average molecular weight is 278 g/mol. The quantitative estimate of drug-likeness (QED) is 0.606. The first-order valence-electron chi connectivity index (χ1n) is 7.09. The molecule has 1 aliphatic rings. The topological polar surface area (TPSA) is 26.3 Å². The smallest absolute Gasteiger partial charge is 0.334 e. The minimum absolute atomic E-state index is 0.110. The van der Waals surface area contributed by atoms with Gasteiger partial charge < -0.3 is 4.74 Å². The first kappa shape index (κ1) is 13.6. The minimum atomic E-state index is -0.300. The summed E-state index contributed by atoms with van der Waals surface area (Å²) in [6.45, 7) is 8.02. The van der Waals surface area contributed by atoms with Crippen LogP contribution in [-0.2, 0) is 9.53 Å². The van der Waals surface area contributed by atoms with Crippen LogP contribution in [0.25, 0.3) is 0 Å². The molecule has 3 rings (SSSR count). The van der Waals surface area contributed by atoms with Crippen molar-refractivity contribution in [3.63, 3.8) is 0 Å². The highest BCUT2D eigenvalue weighted by Gasteiger charge is 2.40. The van der Waals surface area contributed by atoms with Gasteiger partial charge in [-0.3, -0.25) is 0 Å². The molecular formula is C19H18O2. The number of aryl methyl sites for hydroxylation is 2. The molecule has 1 aliphatic heterocycles. The fourth-order valence-corrected chi connectivity index (χ4v) is 2.74. The number of esters is 1. The summed E-state index contributed by atoms with van der Waals surface area (Å²) in [5, 5.41) is 0. The van der Waals surface area contributed by atoms with Crippen LogP contribution in [0.2, 0.25) is 0 Å². The summed E-state index contributed by atoms with van der Waals surface area (Å²) in [5.74, 6) is -0.410. The van der Waals surface area contributed by atoms with Gasteiger partial charge in [0.2, 0.25) is 0 Å². The van der Waals surface area contributed by atoms with Crippen molar-refractivity contribution >= 4 is 5.97 Å². The maximum Gasteiger partial charge on any atom is 0.334 e. The molecule has 1 heterocycles.